The fourth-order valence-electron chi connectivity index (χ4n) is 3.31. The molecule has 1 aliphatic carbocycles. The molecule has 4 amide bonds. The maximum atomic E-state index is 12.7. The molecule has 1 spiro atoms. The predicted octanol–water partition coefficient (Wildman–Crippen LogP) is 1.36. The number of nitrogens with zero attached hydrogens (tertiary/aromatic N) is 2. The molecule has 0 bridgehead atoms. The van der Waals surface area contributed by atoms with Crippen molar-refractivity contribution < 1.29 is 14.4 Å². The highest BCUT2D eigenvalue weighted by Gasteiger charge is 2.53. The smallest absolute Gasteiger partial charge is 0.302 e. The van der Waals surface area contributed by atoms with Crippen molar-refractivity contribution in [2.45, 2.75) is 46.0 Å². The van der Waals surface area contributed by atoms with Gasteiger partial charge in [-0.05, 0) is 25.9 Å². The SMILES string of the molecule is CCN(CC)CCN1C(=O)NC(=O)C2(CCCCC2)C1=O. The lowest BCUT2D eigenvalue weighted by Gasteiger charge is -2.41. The van der Waals surface area contributed by atoms with Crippen molar-refractivity contribution >= 4 is 17.8 Å². The average molecular weight is 295 g/mol. The summed E-state index contributed by atoms with van der Waals surface area (Å²) < 4.78 is 0. The van der Waals surface area contributed by atoms with Crippen molar-refractivity contribution in [3.8, 4) is 0 Å². The van der Waals surface area contributed by atoms with E-state index in [4.69, 9.17) is 0 Å². The van der Waals surface area contributed by atoms with Gasteiger partial charge in [0.25, 0.3) is 0 Å². The van der Waals surface area contributed by atoms with Crippen LogP contribution >= 0.6 is 0 Å². The van der Waals surface area contributed by atoms with Gasteiger partial charge in [0, 0.05) is 13.1 Å². The number of likely N-dealkylation sites (N-methyl/N-ethyl adjacent to an activating group) is 1. The molecule has 2 fully saturated rings. The molecule has 0 aromatic rings. The fourth-order valence-corrected chi connectivity index (χ4v) is 3.31. The molecule has 6 nitrogen and oxygen atoms in total. The minimum atomic E-state index is -0.991. The highest BCUT2D eigenvalue weighted by molar-refractivity contribution is 6.19. The van der Waals surface area contributed by atoms with Gasteiger partial charge in [-0.3, -0.25) is 19.8 Å². The normalized spacial score (nSPS) is 22.0. The first-order chi connectivity index (χ1) is 10.0. The molecule has 1 saturated heterocycles. The van der Waals surface area contributed by atoms with Gasteiger partial charge >= 0.3 is 6.03 Å². The second kappa shape index (κ2) is 6.56. The van der Waals surface area contributed by atoms with E-state index in [2.05, 4.69) is 10.2 Å². The van der Waals surface area contributed by atoms with Gasteiger partial charge < -0.3 is 4.90 Å². The van der Waals surface area contributed by atoms with Crippen LogP contribution in [0.4, 0.5) is 4.79 Å². The van der Waals surface area contributed by atoms with Crippen LogP contribution in [-0.2, 0) is 9.59 Å². The van der Waals surface area contributed by atoms with Crippen LogP contribution in [0.1, 0.15) is 46.0 Å². The molecule has 6 heteroatoms. The number of nitrogens with one attached hydrogen (secondary N) is 1. The van der Waals surface area contributed by atoms with E-state index in [1.54, 1.807) is 0 Å². The average Bonchev–Trinajstić information content (AvgIpc) is 2.50. The van der Waals surface area contributed by atoms with E-state index in [9.17, 15) is 14.4 Å². The van der Waals surface area contributed by atoms with Crippen LogP contribution in [0, 0.1) is 5.41 Å². The highest BCUT2D eigenvalue weighted by Crippen LogP contribution is 2.40. The monoisotopic (exact) mass is 295 g/mol. The van der Waals surface area contributed by atoms with Crippen molar-refractivity contribution in [3.05, 3.63) is 0 Å². The van der Waals surface area contributed by atoms with Crippen LogP contribution in [0.3, 0.4) is 0 Å². The van der Waals surface area contributed by atoms with Crippen LogP contribution in [0.2, 0.25) is 0 Å². The number of carbonyl (C=O) groups is 3. The number of imide groups is 2. The molecule has 2 aliphatic rings. The molecule has 2 rings (SSSR count). The van der Waals surface area contributed by atoms with Crippen molar-refractivity contribution in [2.24, 2.45) is 5.41 Å². The molecule has 1 aliphatic heterocycles. The quantitative estimate of drug-likeness (QED) is 0.777. The minimum Gasteiger partial charge on any atom is -0.302 e. The van der Waals surface area contributed by atoms with E-state index in [0.29, 0.717) is 25.9 Å². The van der Waals surface area contributed by atoms with Gasteiger partial charge in [0.05, 0.1) is 0 Å². The summed E-state index contributed by atoms with van der Waals surface area (Å²) in [6.07, 6.45) is 3.92. The zero-order valence-corrected chi connectivity index (χ0v) is 13.0. The lowest BCUT2D eigenvalue weighted by molar-refractivity contribution is -0.154. The number of hydrogen-bond donors (Lipinski definition) is 1. The molecular formula is C15H25N3O3. The molecule has 0 unspecified atom stereocenters. The summed E-state index contributed by atoms with van der Waals surface area (Å²) in [5, 5.41) is 2.39. The fraction of sp³-hybridized carbons (Fsp3) is 0.800. The largest absolute Gasteiger partial charge is 0.330 e. The second-order valence-electron chi connectivity index (χ2n) is 5.89. The zero-order valence-electron chi connectivity index (χ0n) is 13.0. The van der Waals surface area contributed by atoms with Gasteiger partial charge in [-0.15, -0.1) is 0 Å². The molecule has 118 valence electrons. The molecule has 0 aromatic heterocycles. The van der Waals surface area contributed by atoms with Gasteiger partial charge in [0.1, 0.15) is 5.41 Å². The molecule has 0 radical (unpaired) electrons. The first kappa shape index (κ1) is 15.9. The second-order valence-corrected chi connectivity index (χ2v) is 5.89. The van der Waals surface area contributed by atoms with E-state index < -0.39 is 17.4 Å². The first-order valence-corrected chi connectivity index (χ1v) is 7.95. The Labute approximate surface area is 125 Å². The first-order valence-electron chi connectivity index (χ1n) is 7.95. The molecule has 1 saturated carbocycles. The van der Waals surface area contributed by atoms with Crippen LogP contribution < -0.4 is 5.32 Å². The summed E-state index contributed by atoms with van der Waals surface area (Å²) >= 11 is 0. The summed E-state index contributed by atoms with van der Waals surface area (Å²) in [4.78, 5) is 40.3. The van der Waals surface area contributed by atoms with Crippen LogP contribution in [0.25, 0.3) is 0 Å². The summed E-state index contributed by atoms with van der Waals surface area (Å²) in [5.41, 5.74) is -0.991. The number of amides is 4. The van der Waals surface area contributed by atoms with Crippen LogP contribution in [0.5, 0.6) is 0 Å². The van der Waals surface area contributed by atoms with E-state index in [1.807, 2.05) is 13.8 Å². The standard InChI is InChI=1S/C15H25N3O3/c1-3-17(4-2)10-11-18-13(20)15(8-6-5-7-9-15)12(19)16-14(18)21/h3-11H2,1-2H3,(H,16,19,21). The van der Waals surface area contributed by atoms with Crippen molar-refractivity contribution in [1.29, 1.82) is 0 Å². The Balaban J connectivity index is 2.11. The molecule has 1 N–H and O–H groups in total. The Kier molecular flexibility index (Phi) is 4.98. The molecule has 0 atom stereocenters. The lowest BCUT2D eigenvalue weighted by atomic mass is 9.71. The Hall–Kier alpha value is -1.43. The summed E-state index contributed by atoms with van der Waals surface area (Å²) in [6.45, 7) is 6.85. The third-order valence-electron chi connectivity index (χ3n) is 4.80. The Bertz CT molecular complexity index is 426. The van der Waals surface area contributed by atoms with E-state index in [1.165, 1.54) is 4.90 Å². The molecule has 0 aromatic carbocycles. The number of hydrogen-bond acceptors (Lipinski definition) is 4. The van der Waals surface area contributed by atoms with Gasteiger partial charge in [-0.2, -0.15) is 0 Å². The summed E-state index contributed by atoms with van der Waals surface area (Å²) in [5.74, 6) is -0.681. The Morgan fingerprint density at radius 3 is 2.29 bits per heavy atom. The zero-order chi connectivity index (χ0) is 15.5. The molecular weight excluding hydrogens is 270 g/mol. The van der Waals surface area contributed by atoms with E-state index in [0.717, 1.165) is 32.4 Å². The minimum absolute atomic E-state index is 0.289. The van der Waals surface area contributed by atoms with Gasteiger partial charge in [0.2, 0.25) is 11.8 Å². The van der Waals surface area contributed by atoms with Crippen molar-refractivity contribution in [2.75, 3.05) is 26.2 Å². The van der Waals surface area contributed by atoms with Crippen LogP contribution in [0.15, 0.2) is 0 Å². The van der Waals surface area contributed by atoms with Gasteiger partial charge in [0.15, 0.2) is 0 Å². The third kappa shape index (κ3) is 2.95. The summed E-state index contributed by atoms with van der Waals surface area (Å²) in [7, 11) is 0. The highest BCUT2D eigenvalue weighted by atomic mass is 16.2. The van der Waals surface area contributed by atoms with Crippen molar-refractivity contribution in [3.63, 3.8) is 0 Å². The van der Waals surface area contributed by atoms with E-state index in [-0.39, 0.29) is 5.91 Å². The predicted molar refractivity (Wildman–Crippen MR) is 78.6 cm³/mol. The Morgan fingerprint density at radius 2 is 1.71 bits per heavy atom. The number of urea groups is 1. The maximum absolute atomic E-state index is 12.7. The summed E-state index contributed by atoms with van der Waals surface area (Å²) in [6, 6.07) is -0.562. The topological polar surface area (TPSA) is 69.7 Å². The van der Waals surface area contributed by atoms with Crippen molar-refractivity contribution in [1.82, 2.24) is 15.1 Å². The van der Waals surface area contributed by atoms with E-state index >= 15 is 0 Å². The number of carbonyl (C=O) groups excluding carboxylic acids is 3. The van der Waals surface area contributed by atoms with Gasteiger partial charge in [-0.1, -0.05) is 33.1 Å². The van der Waals surface area contributed by atoms with Gasteiger partial charge in [-0.25, -0.2) is 4.79 Å². The number of rotatable bonds is 5. The Morgan fingerprint density at radius 1 is 1.10 bits per heavy atom. The third-order valence-corrected chi connectivity index (χ3v) is 4.80. The van der Waals surface area contributed by atoms with Crippen LogP contribution in [-0.4, -0.2) is 53.8 Å². The maximum Gasteiger partial charge on any atom is 0.330 e. The molecule has 21 heavy (non-hydrogen) atoms. The lowest BCUT2D eigenvalue weighted by Crippen LogP contribution is -2.65. The number of barbiturate groups is 1. The molecule has 1 heterocycles.